The summed E-state index contributed by atoms with van der Waals surface area (Å²) in [6.45, 7) is 5.93. The van der Waals surface area contributed by atoms with Crippen LogP contribution >= 0.6 is 0 Å². The Labute approximate surface area is 268 Å². The summed E-state index contributed by atoms with van der Waals surface area (Å²) in [6.07, 6.45) is 1.49. The number of amides is 5. The number of para-hydroxylation sites is 1. The highest BCUT2D eigenvalue weighted by atomic mass is 16.6. The lowest BCUT2D eigenvalue weighted by Gasteiger charge is -2.51. The number of carbonyl (C=O) groups excluding carboxylic acids is 4. The quantitative estimate of drug-likeness (QED) is 0.279. The van der Waals surface area contributed by atoms with Crippen molar-refractivity contribution >= 4 is 34.8 Å². The first-order chi connectivity index (χ1) is 22.1. The van der Waals surface area contributed by atoms with Crippen molar-refractivity contribution in [1.29, 1.82) is 0 Å². The second-order valence-electron chi connectivity index (χ2n) is 13.0. The highest BCUT2D eigenvalue weighted by Crippen LogP contribution is 2.32. The molecule has 3 atom stereocenters. The number of carbonyl (C=O) groups is 4. The second kappa shape index (κ2) is 12.7. The molecule has 3 aromatic carbocycles. The monoisotopic (exact) mass is 621 g/mol. The number of ether oxygens (including phenoxy) is 1. The molecule has 0 radical (unpaired) electrons. The molecule has 46 heavy (non-hydrogen) atoms. The van der Waals surface area contributed by atoms with Crippen LogP contribution in [0.5, 0.6) is 0 Å². The number of aromatic amines is 1. The summed E-state index contributed by atoms with van der Waals surface area (Å²) in [5, 5.41) is 4.06. The summed E-state index contributed by atoms with van der Waals surface area (Å²) in [5.74, 6) is -0.693. The lowest BCUT2D eigenvalue weighted by Crippen LogP contribution is -2.73. The van der Waals surface area contributed by atoms with Crippen molar-refractivity contribution < 1.29 is 23.9 Å². The molecule has 0 saturated carbocycles. The van der Waals surface area contributed by atoms with Crippen LogP contribution in [0.4, 0.5) is 9.59 Å². The molecule has 6 rings (SSSR count). The van der Waals surface area contributed by atoms with E-state index >= 15 is 0 Å². The van der Waals surface area contributed by atoms with Crippen molar-refractivity contribution in [2.75, 3.05) is 6.54 Å². The van der Waals surface area contributed by atoms with Gasteiger partial charge in [0.1, 0.15) is 11.6 Å². The predicted molar refractivity (Wildman–Crippen MR) is 173 cm³/mol. The van der Waals surface area contributed by atoms with E-state index in [1.165, 1.54) is 9.80 Å². The number of alkyl carbamates (subject to hydrolysis) is 1. The van der Waals surface area contributed by atoms with Crippen LogP contribution in [-0.4, -0.2) is 73.9 Å². The van der Waals surface area contributed by atoms with Crippen LogP contribution in [0.15, 0.2) is 91.1 Å². The lowest BCUT2D eigenvalue weighted by molar-refractivity contribution is -0.153. The molecule has 10 nitrogen and oxygen atoms in total. The van der Waals surface area contributed by atoms with Crippen molar-refractivity contribution in [1.82, 2.24) is 25.0 Å². The van der Waals surface area contributed by atoms with Crippen LogP contribution in [0.3, 0.4) is 0 Å². The second-order valence-corrected chi connectivity index (χ2v) is 13.0. The molecule has 2 saturated heterocycles. The fourth-order valence-corrected chi connectivity index (χ4v) is 6.42. The van der Waals surface area contributed by atoms with Gasteiger partial charge in [-0.25, -0.2) is 9.59 Å². The van der Waals surface area contributed by atoms with Gasteiger partial charge in [-0.15, -0.1) is 0 Å². The van der Waals surface area contributed by atoms with Gasteiger partial charge in [0.15, 0.2) is 0 Å². The summed E-state index contributed by atoms with van der Waals surface area (Å²) in [6, 6.07) is 23.9. The summed E-state index contributed by atoms with van der Waals surface area (Å²) < 4.78 is 5.68. The molecule has 2 fully saturated rings. The summed E-state index contributed by atoms with van der Waals surface area (Å²) in [5.41, 5.74) is 2.87. The first kappa shape index (κ1) is 30.9. The summed E-state index contributed by atoms with van der Waals surface area (Å²) in [7, 11) is 0. The number of nitrogens with one attached hydrogen (secondary N) is 2. The average Bonchev–Trinajstić information content (AvgIpc) is 3.43. The number of hydrogen-bond acceptors (Lipinski definition) is 5. The number of urea groups is 1. The minimum Gasteiger partial charge on any atom is -0.444 e. The molecule has 1 aromatic heterocycles. The maximum Gasteiger partial charge on any atom is 0.407 e. The maximum absolute atomic E-state index is 14.3. The van der Waals surface area contributed by atoms with Crippen molar-refractivity contribution in [2.45, 2.75) is 70.4 Å². The Kier molecular flexibility index (Phi) is 8.53. The van der Waals surface area contributed by atoms with Gasteiger partial charge in [-0.3, -0.25) is 14.5 Å². The molecule has 10 heteroatoms. The molecule has 0 aliphatic carbocycles. The SMILES string of the molecule is CC(C)(C)OC(=O)N[C@H](Cc1c[nH]c2ccccc12)[C@@H]1CN(Cc2ccccc2)C(=O)[C@@H]2CC(=O)N(Cc3ccccc3)C(=O)N21. The zero-order valence-electron chi connectivity index (χ0n) is 26.3. The van der Waals surface area contributed by atoms with Gasteiger partial charge in [0.05, 0.1) is 25.0 Å². The Hall–Kier alpha value is -5.12. The number of imide groups is 1. The molecular formula is C36H39N5O5. The van der Waals surface area contributed by atoms with E-state index in [2.05, 4.69) is 10.3 Å². The standard InChI is InChI=1S/C36H39N5O5/c1-36(2,3)46-34(44)38-29(18-26-20-37-28-17-11-10-16-27(26)28)31-23-39(21-24-12-6-4-7-13-24)33(43)30-19-32(42)40(35(45)41(30)31)22-25-14-8-5-9-15-25/h4-17,20,29-31,37H,18-19,21-23H2,1-3H3,(H,38,44)/t29-,30+,31+/m1/s1. The lowest BCUT2D eigenvalue weighted by atomic mass is 9.91. The molecular weight excluding hydrogens is 582 g/mol. The summed E-state index contributed by atoms with van der Waals surface area (Å²) in [4.78, 5) is 63.0. The van der Waals surface area contributed by atoms with E-state index in [-0.39, 0.29) is 25.4 Å². The molecule has 2 aliphatic rings. The van der Waals surface area contributed by atoms with Crippen molar-refractivity contribution in [3.8, 4) is 0 Å². The number of benzene rings is 3. The Morgan fingerprint density at radius 1 is 0.913 bits per heavy atom. The molecule has 2 aliphatic heterocycles. The minimum absolute atomic E-state index is 0.0863. The van der Waals surface area contributed by atoms with Crippen LogP contribution in [-0.2, 0) is 33.8 Å². The van der Waals surface area contributed by atoms with E-state index in [0.717, 1.165) is 27.6 Å². The smallest absolute Gasteiger partial charge is 0.407 e. The van der Waals surface area contributed by atoms with E-state index in [1.54, 1.807) is 25.7 Å². The minimum atomic E-state index is -1.000. The fourth-order valence-electron chi connectivity index (χ4n) is 6.42. The average molecular weight is 622 g/mol. The maximum atomic E-state index is 14.3. The zero-order valence-corrected chi connectivity index (χ0v) is 26.3. The first-order valence-electron chi connectivity index (χ1n) is 15.6. The molecule has 2 N–H and O–H groups in total. The van der Waals surface area contributed by atoms with Crippen molar-refractivity contribution in [3.05, 3.63) is 108 Å². The van der Waals surface area contributed by atoms with E-state index in [1.807, 2.05) is 91.1 Å². The van der Waals surface area contributed by atoms with Crippen molar-refractivity contribution in [3.63, 3.8) is 0 Å². The summed E-state index contributed by atoms with van der Waals surface area (Å²) >= 11 is 0. The highest BCUT2D eigenvalue weighted by molar-refractivity contribution is 6.03. The topological polar surface area (TPSA) is 115 Å². The third-order valence-electron chi connectivity index (χ3n) is 8.50. The van der Waals surface area contributed by atoms with Gasteiger partial charge in [0, 0.05) is 30.2 Å². The van der Waals surface area contributed by atoms with E-state index < -0.39 is 41.8 Å². The van der Waals surface area contributed by atoms with Gasteiger partial charge in [-0.2, -0.15) is 0 Å². The molecule has 238 valence electrons. The van der Waals surface area contributed by atoms with Crippen LogP contribution in [0.1, 0.15) is 43.9 Å². The van der Waals surface area contributed by atoms with Gasteiger partial charge in [0.2, 0.25) is 11.8 Å². The third-order valence-corrected chi connectivity index (χ3v) is 8.50. The Balaban J connectivity index is 1.40. The van der Waals surface area contributed by atoms with Crippen LogP contribution in [0, 0.1) is 0 Å². The van der Waals surface area contributed by atoms with Crippen molar-refractivity contribution in [2.24, 2.45) is 0 Å². The first-order valence-corrected chi connectivity index (χ1v) is 15.6. The largest absolute Gasteiger partial charge is 0.444 e. The molecule has 0 spiro atoms. The van der Waals surface area contributed by atoms with Crippen LogP contribution in [0.25, 0.3) is 10.9 Å². The zero-order chi connectivity index (χ0) is 32.4. The van der Waals surface area contributed by atoms with E-state index in [4.69, 9.17) is 4.74 Å². The number of rotatable bonds is 8. The van der Waals surface area contributed by atoms with Gasteiger partial charge >= 0.3 is 12.1 Å². The number of aromatic nitrogens is 1. The van der Waals surface area contributed by atoms with Gasteiger partial charge in [0.25, 0.3) is 0 Å². The number of fused-ring (bicyclic) bond motifs is 2. The Morgan fingerprint density at radius 2 is 1.54 bits per heavy atom. The number of nitrogens with zero attached hydrogens (tertiary/aromatic N) is 3. The predicted octanol–water partition coefficient (Wildman–Crippen LogP) is 5.24. The number of hydrogen-bond donors (Lipinski definition) is 2. The highest BCUT2D eigenvalue weighted by Gasteiger charge is 2.52. The molecule has 3 heterocycles. The molecule has 5 amide bonds. The Morgan fingerprint density at radius 3 is 2.22 bits per heavy atom. The van der Waals surface area contributed by atoms with Gasteiger partial charge in [-0.05, 0) is 49.9 Å². The normalized spacial score (nSPS) is 19.3. The number of H-pyrrole nitrogens is 1. The van der Waals surface area contributed by atoms with Crippen LogP contribution < -0.4 is 5.32 Å². The number of piperazine rings is 1. The van der Waals surface area contributed by atoms with Gasteiger partial charge < -0.3 is 24.8 Å². The van der Waals surface area contributed by atoms with Crippen LogP contribution in [0.2, 0.25) is 0 Å². The molecule has 0 unspecified atom stereocenters. The van der Waals surface area contributed by atoms with Gasteiger partial charge in [-0.1, -0.05) is 78.9 Å². The van der Waals surface area contributed by atoms with E-state index in [9.17, 15) is 19.2 Å². The molecule has 0 bridgehead atoms. The third kappa shape index (κ3) is 6.61. The van der Waals surface area contributed by atoms with E-state index in [0.29, 0.717) is 13.0 Å². The Bertz CT molecular complexity index is 1730. The molecule has 4 aromatic rings. The fraction of sp³-hybridized carbons (Fsp3) is 0.333.